The van der Waals surface area contributed by atoms with E-state index in [0.717, 1.165) is 5.56 Å². The van der Waals surface area contributed by atoms with Crippen LogP contribution < -0.4 is 10.1 Å². The van der Waals surface area contributed by atoms with Gasteiger partial charge in [0.25, 0.3) is 0 Å². The minimum Gasteiger partial charge on any atom is -0.488 e. The van der Waals surface area contributed by atoms with Crippen molar-refractivity contribution in [2.75, 3.05) is 32.1 Å². The lowest BCUT2D eigenvalue weighted by molar-refractivity contribution is -0.134. The summed E-state index contributed by atoms with van der Waals surface area (Å²) in [6.45, 7) is 6.76. The number of aliphatic hydroxyl groups excluding tert-OH is 1. The van der Waals surface area contributed by atoms with Crippen molar-refractivity contribution in [2.45, 2.75) is 57.6 Å². The number of nitrogens with one attached hydrogen (secondary N) is 1. The van der Waals surface area contributed by atoms with Crippen LogP contribution in [-0.4, -0.2) is 78.6 Å². The van der Waals surface area contributed by atoms with E-state index in [1.165, 1.54) is 11.4 Å². The van der Waals surface area contributed by atoms with Crippen LogP contribution in [0.2, 0.25) is 0 Å². The fourth-order valence-electron chi connectivity index (χ4n) is 5.06. The zero-order chi connectivity index (χ0) is 30.6. The molecule has 0 aliphatic carbocycles. The van der Waals surface area contributed by atoms with E-state index < -0.39 is 22.2 Å². The Morgan fingerprint density at radius 2 is 1.93 bits per heavy atom. The second-order valence-electron chi connectivity index (χ2n) is 10.9. The summed E-state index contributed by atoms with van der Waals surface area (Å²) >= 11 is 0. The van der Waals surface area contributed by atoms with Gasteiger partial charge in [0.05, 0.1) is 32.0 Å². The number of benzene rings is 2. The number of rotatable bonds is 9. The molecule has 0 fully saturated rings. The van der Waals surface area contributed by atoms with Crippen molar-refractivity contribution < 1.29 is 32.4 Å². The molecular weight excluding hydrogens is 560 g/mol. The summed E-state index contributed by atoms with van der Waals surface area (Å²) in [6.07, 6.45) is -0.475. The number of likely N-dealkylation sites (N-methyl/N-ethyl adjacent to an activating group) is 1. The topological polar surface area (TPSA) is 142 Å². The molecule has 1 aromatic heterocycles. The van der Waals surface area contributed by atoms with Gasteiger partial charge in [-0.05, 0) is 44.5 Å². The molecule has 0 radical (unpaired) electrons. The van der Waals surface area contributed by atoms with Gasteiger partial charge < -0.3 is 24.6 Å². The van der Waals surface area contributed by atoms with E-state index in [-0.39, 0.29) is 66.6 Å². The van der Waals surface area contributed by atoms with Crippen LogP contribution in [0.3, 0.4) is 0 Å². The number of ether oxygens (including phenoxy) is 1. The number of aryl methyl sites for hydroxylation is 2. The Morgan fingerprint density at radius 1 is 1.21 bits per heavy atom. The van der Waals surface area contributed by atoms with Crippen LogP contribution in [0.4, 0.5) is 5.69 Å². The van der Waals surface area contributed by atoms with Crippen molar-refractivity contribution in [3.05, 3.63) is 71.1 Å². The van der Waals surface area contributed by atoms with E-state index >= 15 is 0 Å². The molecule has 0 spiro atoms. The van der Waals surface area contributed by atoms with Crippen LogP contribution in [0.1, 0.15) is 36.4 Å². The van der Waals surface area contributed by atoms with Crippen molar-refractivity contribution in [1.82, 2.24) is 14.4 Å². The van der Waals surface area contributed by atoms with Crippen LogP contribution in [-0.2, 0) is 32.5 Å². The minimum absolute atomic E-state index is 0.0158. The van der Waals surface area contributed by atoms with Crippen LogP contribution in [0.15, 0.2) is 57.9 Å². The monoisotopic (exact) mass is 598 g/mol. The van der Waals surface area contributed by atoms with Crippen molar-refractivity contribution in [1.29, 1.82) is 0 Å². The fraction of sp³-hybridized carbons (Fsp3) is 0.433. The van der Waals surface area contributed by atoms with E-state index in [1.54, 1.807) is 43.9 Å². The molecular formula is C30H38N4O7S. The zero-order valence-corrected chi connectivity index (χ0v) is 25.3. The summed E-state index contributed by atoms with van der Waals surface area (Å²) in [7, 11) is -2.48. The van der Waals surface area contributed by atoms with Crippen LogP contribution >= 0.6 is 0 Å². The molecule has 0 unspecified atom stereocenters. The van der Waals surface area contributed by atoms with Crippen molar-refractivity contribution >= 4 is 27.5 Å². The number of nitrogens with zero attached hydrogens (tertiary/aromatic N) is 3. The first-order valence-corrected chi connectivity index (χ1v) is 15.3. The van der Waals surface area contributed by atoms with Gasteiger partial charge in [-0.25, -0.2) is 8.42 Å². The third-order valence-corrected chi connectivity index (χ3v) is 9.55. The first kappa shape index (κ1) is 31.2. The molecule has 3 aromatic rings. The number of aliphatic hydroxyl groups is 1. The summed E-state index contributed by atoms with van der Waals surface area (Å²) < 4.78 is 39.7. The average Bonchev–Trinajstić information content (AvgIpc) is 3.31. The standard InChI is InChI=1S/C30H38N4O7S/c1-19-16-34(20(2)18-35)29(37)15-24-14-25(31-28(36)13-23-9-7-6-8-10-23)11-12-26(24)40-27(19)17-33(5)42(38,39)30-21(3)32-41-22(30)4/h6-12,14,19-20,27,35H,13,15-18H2,1-5H3,(H,31,36)/t19-,20+,27+/m1/s1. The number of hydrogen-bond acceptors (Lipinski definition) is 8. The lowest BCUT2D eigenvalue weighted by Crippen LogP contribution is -2.48. The summed E-state index contributed by atoms with van der Waals surface area (Å²) in [5.41, 5.74) is 2.19. The average molecular weight is 599 g/mol. The highest BCUT2D eigenvalue weighted by Gasteiger charge is 2.35. The molecule has 11 nitrogen and oxygen atoms in total. The highest BCUT2D eigenvalue weighted by atomic mass is 32.2. The third kappa shape index (κ3) is 7.00. The first-order valence-electron chi connectivity index (χ1n) is 13.8. The van der Waals surface area contributed by atoms with E-state index in [9.17, 15) is 23.1 Å². The SMILES string of the molecule is Cc1noc(C)c1S(=O)(=O)N(C)C[C@@H]1Oc2ccc(NC(=O)Cc3ccccc3)cc2CC(=O)N([C@@H](C)CO)C[C@H]1C. The molecule has 12 heteroatoms. The molecule has 2 amide bonds. The van der Waals surface area contributed by atoms with Crippen molar-refractivity contribution in [3.63, 3.8) is 0 Å². The Balaban J connectivity index is 1.63. The predicted octanol–water partition coefficient (Wildman–Crippen LogP) is 2.94. The predicted molar refractivity (Wildman–Crippen MR) is 157 cm³/mol. The molecule has 1 aliphatic heterocycles. The third-order valence-electron chi connectivity index (χ3n) is 7.48. The number of amides is 2. The van der Waals surface area contributed by atoms with E-state index in [0.29, 0.717) is 17.0 Å². The van der Waals surface area contributed by atoms with Gasteiger partial charge in [-0.2, -0.15) is 4.31 Å². The number of hydrogen-bond donors (Lipinski definition) is 2. The molecule has 0 saturated carbocycles. The number of carbonyl (C=O) groups excluding carboxylic acids is 2. The largest absolute Gasteiger partial charge is 0.488 e. The molecule has 2 heterocycles. The number of carbonyl (C=O) groups is 2. The highest BCUT2D eigenvalue weighted by Crippen LogP contribution is 2.30. The molecule has 2 N–H and O–H groups in total. The maximum Gasteiger partial charge on any atom is 0.248 e. The molecule has 1 aliphatic rings. The minimum atomic E-state index is -3.95. The summed E-state index contributed by atoms with van der Waals surface area (Å²) in [6, 6.07) is 14.0. The second kappa shape index (κ2) is 13.1. The van der Waals surface area contributed by atoms with E-state index in [2.05, 4.69) is 10.5 Å². The summed E-state index contributed by atoms with van der Waals surface area (Å²) in [4.78, 5) is 27.8. The Bertz CT molecular complexity index is 1500. The molecule has 0 saturated heterocycles. The number of anilines is 1. The van der Waals surface area contributed by atoms with Gasteiger partial charge in [0, 0.05) is 30.8 Å². The van der Waals surface area contributed by atoms with Crippen LogP contribution in [0.25, 0.3) is 0 Å². The van der Waals surface area contributed by atoms with Crippen LogP contribution in [0.5, 0.6) is 5.75 Å². The van der Waals surface area contributed by atoms with Gasteiger partial charge in [-0.15, -0.1) is 0 Å². The van der Waals surface area contributed by atoms with Gasteiger partial charge in [-0.3, -0.25) is 9.59 Å². The molecule has 42 heavy (non-hydrogen) atoms. The quantitative estimate of drug-likeness (QED) is 0.383. The van der Waals surface area contributed by atoms with Crippen LogP contribution in [0, 0.1) is 19.8 Å². The summed E-state index contributed by atoms with van der Waals surface area (Å²) in [5, 5.41) is 16.6. The lowest BCUT2D eigenvalue weighted by Gasteiger charge is -2.33. The Hall–Kier alpha value is -3.74. The molecule has 3 atom stereocenters. The molecule has 4 rings (SSSR count). The Labute approximate surface area is 246 Å². The zero-order valence-electron chi connectivity index (χ0n) is 24.5. The molecule has 0 bridgehead atoms. The van der Waals surface area contributed by atoms with Gasteiger partial charge >= 0.3 is 0 Å². The number of fused-ring (bicyclic) bond motifs is 1. The van der Waals surface area contributed by atoms with Gasteiger partial charge in [0.1, 0.15) is 22.4 Å². The highest BCUT2D eigenvalue weighted by molar-refractivity contribution is 7.89. The van der Waals surface area contributed by atoms with Gasteiger partial charge in [0.15, 0.2) is 5.76 Å². The van der Waals surface area contributed by atoms with Gasteiger partial charge in [0.2, 0.25) is 21.8 Å². The second-order valence-corrected chi connectivity index (χ2v) is 12.8. The normalized spacial score (nSPS) is 18.5. The van der Waals surface area contributed by atoms with Crippen molar-refractivity contribution in [2.24, 2.45) is 5.92 Å². The number of sulfonamides is 1. The summed E-state index contributed by atoms with van der Waals surface area (Å²) in [5.74, 6) is -0.101. The fourth-order valence-corrected chi connectivity index (χ4v) is 6.53. The Morgan fingerprint density at radius 3 is 2.57 bits per heavy atom. The lowest BCUT2D eigenvalue weighted by atomic mass is 10.0. The maximum absolute atomic E-state index is 13.5. The molecule has 2 aromatic carbocycles. The van der Waals surface area contributed by atoms with Crippen molar-refractivity contribution in [3.8, 4) is 5.75 Å². The van der Waals surface area contributed by atoms with E-state index in [4.69, 9.17) is 9.26 Å². The van der Waals surface area contributed by atoms with Gasteiger partial charge in [-0.1, -0.05) is 42.4 Å². The maximum atomic E-state index is 13.5. The Kier molecular flexibility index (Phi) is 9.70. The first-order chi connectivity index (χ1) is 19.9. The number of aromatic nitrogens is 1. The smallest absolute Gasteiger partial charge is 0.248 e. The molecule has 226 valence electrons. The van der Waals surface area contributed by atoms with E-state index in [1.807, 2.05) is 37.3 Å².